The van der Waals surface area contributed by atoms with Gasteiger partial charge in [0.05, 0.1) is 4.47 Å². The number of unbranched alkanes of at least 4 members (excludes halogenated alkanes) is 2. The lowest BCUT2D eigenvalue weighted by Crippen LogP contribution is -2.28. The first-order valence-electron chi connectivity index (χ1n) is 5.67. The molecule has 0 aliphatic carbocycles. The maximum atomic E-state index is 12.2. The number of sulfonamides is 1. The summed E-state index contributed by atoms with van der Waals surface area (Å²) < 4.78 is 26.2. The molecule has 0 aromatic carbocycles. The van der Waals surface area contributed by atoms with Gasteiger partial charge >= 0.3 is 0 Å². The van der Waals surface area contributed by atoms with E-state index in [-0.39, 0.29) is 10.0 Å². The Morgan fingerprint density at radius 3 is 2.67 bits per heavy atom. The summed E-state index contributed by atoms with van der Waals surface area (Å²) in [7, 11) is -1.90. The summed E-state index contributed by atoms with van der Waals surface area (Å²) in [6.45, 7) is 2.59. The van der Waals surface area contributed by atoms with Gasteiger partial charge in [0, 0.05) is 19.8 Å². The molecule has 0 fully saturated rings. The summed E-state index contributed by atoms with van der Waals surface area (Å²) in [5, 5.41) is 0.252. The fourth-order valence-corrected chi connectivity index (χ4v) is 3.22. The van der Waals surface area contributed by atoms with E-state index >= 15 is 0 Å². The Morgan fingerprint density at radius 2 is 2.11 bits per heavy atom. The molecule has 0 spiro atoms. The zero-order valence-electron chi connectivity index (χ0n) is 10.4. The largest absolute Gasteiger partial charge is 0.244 e. The molecule has 0 radical (unpaired) electrons. The van der Waals surface area contributed by atoms with Crippen LogP contribution >= 0.6 is 27.5 Å². The first-order chi connectivity index (χ1) is 8.39. The highest BCUT2D eigenvalue weighted by Gasteiger charge is 2.21. The molecule has 18 heavy (non-hydrogen) atoms. The molecule has 0 amide bonds. The van der Waals surface area contributed by atoms with Crippen molar-refractivity contribution < 1.29 is 8.42 Å². The predicted octanol–water partition coefficient (Wildman–Crippen LogP) is 3.31. The molecule has 1 aromatic rings. The van der Waals surface area contributed by atoms with Crippen LogP contribution in [0, 0.1) is 0 Å². The van der Waals surface area contributed by atoms with Crippen LogP contribution in [0.4, 0.5) is 0 Å². The lowest BCUT2D eigenvalue weighted by atomic mass is 10.2. The number of hydrogen-bond donors (Lipinski definition) is 0. The summed E-state index contributed by atoms with van der Waals surface area (Å²) >= 11 is 8.92. The topological polar surface area (TPSA) is 50.3 Å². The van der Waals surface area contributed by atoms with E-state index in [0.29, 0.717) is 11.0 Å². The Bertz CT molecular complexity index is 508. The zero-order chi connectivity index (χ0) is 13.8. The molecule has 1 aromatic heterocycles. The predicted molar refractivity (Wildman–Crippen MR) is 76.3 cm³/mol. The summed E-state index contributed by atoms with van der Waals surface area (Å²) in [5.41, 5.74) is 0. The molecule has 0 N–H and O–H groups in total. The van der Waals surface area contributed by atoms with Gasteiger partial charge in [0.25, 0.3) is 0 Å². The smallest absolute Gasteiger partial charge is 0.242 e. The molecule has 7 heteroatoms. The molecule has 4 nitrogen and oxygen atoms in total. The molecular formula is C11H16BrClN2O2S. The van der Waals surface area contributed by atoms with Crippen molar-refractivity contribution in [3.8, 4) is 0 Å². The molecule has 102 valence electrons. The second kappa shape index (κ2) is 6.84. The number of hydrogen-bond acceptors (Lipinski definition) is 3. The van der Waals surface area contributed by atoms with Crippen molar-refractivity contribution in [2.24, 2.45) is 0 Å². The first kappa shape index (κ1) is 15.9. The van der Waals surface area contributed by atoms with Crippen molar-refractivity contribution >= 4 is 37.6 Å². The van der Waals surface area contributed by atoms with Crippen molar-refractivity contribution in [3.63, 3.8) is 0 Å². The van der Waals surface area contributed by atoms with Crippen LogP contribution in [0.1, 0.15) is 26.2 Å². The Morgan fingerprint density at radius 1 is 1.44 bits per heavy atom. The van der Waals surface area contributed by atoms with Gasteiger partial charge in [-0.05, 0) is 28.4 Å². The van der Waals surface area contributed by atoms with E-state index in [1.54, 1.807) is 7.05 Å². The van der Waals surface area contributed by atoms with Gasteiger partial charge in [0.1, 0.15) is 10.0 Å². The average Bonchev–Trinajstić information content (AvgIpc) is 2.32. The normalized spacial score (nSPS) is 12.1. The third-order valence-electron chi connectivity index (χ3n) is 2.56. The number of rotatable bonds is 6. The van der Waals surface area contributed by atoms with Crippen molar-refractivity contribution in [1.82, 2.24) is 9.29 Å². The van der Waals surface area contributed by atoms with E-state index < -0.39 is 10.0 Å². The Balaban J connectivity index is 2.88. The van der Waals surface area contributed by atoms with Crippen LogP contribution in [0.3, 0.4) is 0 Å². The van der Waals surface area contributed by atoms with E-state index in [1.165, 1.54) is 16.6 Å². The standard InChI is InChI=1S/C11H16BrClN2O2S/c1-3-4-5-6-15(2)18(16,17)9-7-10(12)11(13)14-8-9/h7-8H,3-6H2,1-2H3. The van der Waals surface area contributed by atoms with Gasteiger partial charge in [-0.2, -0.15) is 0 Å². The fraction of sp³-hybridized carbons (Fsp3) is 0.545. The lowest BCUT2D eigenvalue weighted by molar-refractivity contribution is 0.454. The van der Waals surface area contributed by atoms with Gasteiger partial charge in [-0.3, -0.25) is 0 Å². The zero-order valence-corrected chi connectivity index (χ0v) is 13.5. The number of nitrogens with zero attached hydrogens (tertiary/aromatic N) is 2. The van der Waals surface area contributed by atoms with Crippen LogP contribution in [-0.4, -0.2) is 31.3 Å². The molecule has 0 saturated carbocycles. The van der Waals surface area contributed by atoms with E-state index in [9.17, 15) is 8.42 Å². The highest BCUT2D eigenvalue weighted by Crippen LogP contribution is 2.24. The van der Waals surface area contributed by atoms with Crippen LogP contribution < -0.4 is 0 Å². The van der Waals surface area contributed by atoms with Crippen LogP contribution in [-0.2, 0) is 10.0 Å². The SMILES string of the molecule is CCCCCN(C)S(=O)(=O)c1cnc(Cl)c(Br)c1. The lowest BCUT2D eigenvalue weighted by Gasteiger charge is -2.17. The molecule has 0 unspecified atom stereocenters. The third kappa shape index (κ3) is 3.91. The van der Waals surface area contributed by atoms with Crippen molar-refractivity contribution in [1.29, 1.82) is 0 Å². The minimum Gasteiger partial charge on any atom is -0.242 e. The van der Waals surface area contributed by atoms with Crippen LogP contribution in [0.2, 0.25) is 5.15 Å². The van der Waals surface area contributed by atoms with E-state index in [4.69, 9.17) is 11.6 Å². The van der Waals surface area contributed by atoms with Crippen LogP contribution in [0.5, 0.6) is 0 Å². The fourth-order valence-electron chi connectivity index (χ4n) is 1.43. The Kier molecular flexibility index (Phi) is 6.04. The molecule has 0 aliphatic heterocycles. The van der Waals surface area contributed by atoms with E-state index in [1.807, 2.05) is 0 Å². The van der Waals surface area contributed by atoms with Gasteiger partial charge < -0.3 is 0 Å². The molecule has 0 aliphatic rings. The van der Waals surface area contributed by atoms with Crippen molar-refractivity contribution in [2.75, 3.05) is 13.6 Å². The maximum Gasteiger partial charge on any atom is 0.244 e. The average molecular weight is 356 g/mol. The number of aromatic nitrogens is 1. The minimum absolute atomic E-state index is 0.151. The van der Waals surface area contributed by atoms with Crippen LogP contribution in [0.15, 0.2) is 21.6 Å². The quantitative estimate of drug-likeness (QED) is 0.581. The van der Waals surface area contributed by atoms with Crippen LogP contribution in [0.25, 0.3) is 0 Å². The van der Waals surface area contributed by atoms with Gasteiger partial charge in [0.2, 0.25) is 10.0 Å². The third-order valence-corrected chi connectivity index (χ3v) is 5.51. The van der Waals surface area contributed by atoms with Crippen molar-refractivity contribution in [3.05, 3.63) is 21.9 Å². The summed E-state index contributed by atoms with van der Waals surface area (Å²) in [4.78, 5) is 3.99. The molecule has 1 heterocycles. The van der Waals surface area contributed by atoms with E-state index in [0.717, 1.165) is 19.3 Å². The molecule has 0 saturated heterocycles. The minimum atomic E-state index is -3.48. The highest BCUT2D eigenvalue weighted by molar-refractivity contribution is 9.10. The van der Waals surface area contributed by atoms with Crippen molar-refractivity contribution in [2.45, 2.75) is 31.1 Å². The van der Waals surface area contributed by atoms with E-state index in [2.05, 4.69) is 27.8 Å². The summed E-state index contributed by atoms with van der Waals surface area (Å²) in [6.07, 6.45) is 4.21. The van der Waals surface area contributed by atoms with Gasteiger partial charge in [-0.25, -0.2) is 17.7 Å². The molecular weight excluding hydrogens is 340 g/mol. The number of pyridine rings is 1. The Labute approximate surface area is 122 Å². The molecule has 0 atom stereocenters. The van der Waals surface area contributed by atoms with Gasteiger partial charge in [-0.15, -0.1) is 0 Å². The second-order valence-corrected chi connectivity index (χ2v) is 7.23. The monoisotopic (exact) mass is 354 g/mol. The van der Waals surface area contributed by atoms with Gasteiger partial charge in [0.15, 0.2) is 0 Å². The summed E-state index contributed by atoms with van der Waals surface area (Å²) in [5.74, 6) is 0. The highest BCUT2D eigenvalue weighted by atomic mass is 79.9. The number of halogens is 2. The van der Waals surface area contributed by atoms with Gasteiger partial charge in [-0.1, -0.05) is 31.4 Å². The summed E-state index contributed by atoms with van der Waals surface area (Å²) in [6, 6.07) is 1.47. The second-order valence-electron chi connectivity index (χ2n) is 3.98. The molecule has 1 rings (SSSR count). The Hall–Kier alpha value is -0.170. The first-order valence-corrected chi connectivity index (χ1v) is 8.28. The maximum absolute atomic E-state index is 12.2. The molecule has 0 bridgehead atoms.